The largest absolute Gasteiger partial charge is 0.338 e. The average molecular weight is 251 g/mol. The van der Waals surface area contributed by atoms with Crippen molar-refractivity contribution >= 4 is 11.5 Å². The molecule has 0 aliphatic rings. The van der Waals surface area contributed by atoms with Crippen LogP contribution in [0.25, 0.3) is 0 Å². The predicted molar refractivity (Wildman–Crippen MR) is 67.9 cm³/mol. The van der Waals surface area contributed by atoms with Crippen LogP contribution in [0.5, 0.6) is 0 Å². The second-order valence-corrected chi connectivity index (χ2v) is 4.54. The van der Waals surface area contributed by atoms with Gasteiger partial charge in [0.2, 0.25) is 0 Å². The molecule has 0 amide bonds. The molecule has 2 aromatic heterocycles. The van der Waals surface area contributed by atoms with Crippen LogP contribution in [0.4, 0.5) is 0 Å². The van der Waals surface area contributed by atoms with Crippen molar-refractivity contribution in [3.63, 3.8) is 0 Å². The zero-order valence-electron chi connectivity index (χ0n) is 10.1. The maximum absolute atomic E-state index is 4.33. The van der Waals surface area contributed by atoms with Gasteiger partial charge in [-0.15, -0.1) is 5.10 Å². The number of nitrogens with zero attached hydrogens (tertiary/aromatic N) is 4. The number of hydrogen-bond acceptors (Lipinski definition) is 5. The lowest BCUT2D eigenvalue weighted by Crippen LogP contribution is -2.22. The van der Waals surface area contributed by atoms with Gasteiger partial charge in [-0.25, -0.2) is 4.98 Å². The van der Waals surface area contributed by atoms with Crippen LogP contribution in [0.2, 0.25) is 0 Å². The van der Waals surface area contributed by atoms with Crippen LogP contribution < -0.4 is 5.32 Å². The lowest BCUT2D eigenvalue weighted by Gasteiger charge is -2.14. The van der Waals surface area contributed by atoms with Gasteiger partial charge in [-0.1, -0.05) is 11.4 Å². The fraction of sp³-hybridized carbons (Fsp3) is 0.545. The highest BCUT2D eigenvalue weighted by atomic mass is 32.1. The van der Waals surface area contributed by atoms with Crippen molar-refractivity contribution < 1.29 is 0 Å². The van der Waals surface area contributed by atoms with Gasteiger partial charge in [0.1, 0.15) is 5.82 Å². The summed E-state index contributed by atoms with van der Waals surface area (Å²) in [7, 11) is 2.02. The van der Waals surface area contributed by atoms with Crippen molar-refractivity contribution in [1.82, 2.24) is 24.5 Å². The van der Waals surface area contributed by atoms with Crippen LogP contribution in [-0.4, -0.2) is 25.7 Å². The molecule has 92 valence electrons. The number of rotatable bonds is 6. The molecule has 0 radical (unpaired) electrons. The molecule has 2 aromatic rings. The molecule has 0 aromatic carbocycles. The first-order chi connectivity index (χ1) is 8.31. The van der Waals surface area contributed by atoms with Crippen molar-refractivity contribution in [3.8, 4) is 0 Å². The van der Waals surface area contributed by atoms with E-state index in [-0.39, 0.29) is 6.04 Å². The summed E-state index contributed by atoms with van der Waals surface area (Å²) in [5.41, 5.74) is 1.03. The van der Waals surface area contributed by atoms with Gasteiger partial charge in [0.15, 0.2) is 0 Å². The molecule has 0 fully saturated rings. The van der Waals surface area contributed by atoms with Gasteiger partial charge in [0.25, 0.3) is 0 Å². The van der Waals surface area contributed by atoms with Crippen LogP contribution >= 0.6 is 11.5 Å². The van der Waals surface area contributed by atoms with Crippen LogP contribution in [0.15, 0.2) is 17.8 Å². The topological polar surface area (TPSA) is 55.6 Å². The smallest absolute Gasteiger partial charge is 0.108 e. The Bertz CT molecular complexity index is 436. The van der Waals surface area contributed by atoms with Crippen molar-refractivity contribution in [1.29, 1.82) is 0 Å². The molecule has 5 nitrogen and oxygen atoms in total. The van der Waals surface area contributed by atoms with E-state index in [4.69, 9.17) is 0 Å². The molecule has 0 spiro atoms. The zero-order chi connectivity index (χ0) is 12.1. The van der Waals surface area contributed by atoms with Crippen molar-refractivity contribution in [2.24, 2.45) is 7.05 Å². The zero-order valence-corrected chi connectivity index (χ0v) is 10.9. The van der Waals surface area contributed by atoms with E-state index in [1.54, 1.807) is 0 Å². The van der Waals surface area contributed by atoms with Gasteiger partial charge < -0.3 is 9.88 Å². The van der Waals surface area contributed by atoms with Gasteiger partial charge >= 0.3 is 0 Å². The maximum Gasteiger partial charge on any atom is 0.108 e. The van der Waals surface area contributed by atoms with E-state index >= 15 is 0 Å². The molecule has 2 rings (SSSR count). The Morgan fingerprint density at radius 2 is 2.41 bits per heavy atom. The molecule has 6 heteroatoms. The van der Waals surface area contributed by atoms with E-state index in [2.05, 4.69) is 31.4 Å². The average Bonchev–Trinajstić information content (AvgIpc) is 2.96. The minimum absolute atomic E-state index is 0.274. The summed E-state index contributed by atoms with van der Waals surface area (Å²) in [6, 6.07) is 0.274. The molecule has 2 heterocycles. The summed E-state index contributed by atoms with van der Waals surface area (Å²) in [5.74, 6) is 1.11. The standard InChI is InChI=1S/C11H17N5S/c1-3-12-9(10-8-17-15-14-10)4-5-11-13-6-7-16(11)2/h6-9,12H,3-5H2,1-2H3. The summed E-state index contributed by atoms with van der Waals surface area (Å²) in [6.45, 7) is 3.04. The number of hydrogen-bond donors (Lipinski definition) is 1. The van der Waals surface area contributed by atoms with E-state index in [1.165, 1.54) is 11.5 Å². The molecule has 0 aliphatic carbocycles. The summed E-state index contributed by atoms with van der Waals surface area (Å²) >= 11 is 1.40. The molecule has 0 saturated heterocycles. The number of aromatic nitrogens is 4. The molecular formula is C11H17N5S. The summed E-state index contributed by atoms with van der Waals surface area (Å²) in [5, 5.41) is 9.58. The normalized spacial score (nSPS) is 12.8. The predicted octanol–water partition coefficient (Wildman–Crippen LogP) is 1.55. The number of imidazole rings is 1. The monoisotopic (exact) mass is 251 g/mol. The van der Waals surface area contributed by atoms with E-state index in [0.717, 1.165) is 30.9 Å². The third-order valence-corrected chi connectivity index (χ3v) is 3.28. The van der Waals surface area contributed by atoms with Gasteiger partial charge in [0, 0.05) is 31.2 Å². The number of nitrogens with one attached hydrogen (secondary N) is 1. The van der Waals surface area contributed by atoms with Crippen molar-refractivity contribution in [2.75, 3.05) is 6.54 Å². The Morgan fingerprint density at radius 3 is 3.00 bits per heavy atom. The molecule has 0 bridgehead atoms. The van der Waals surface area contributed by atoms with Crippen molar-refractivity contribution in [3.05, 3.63) is 29.3 Å². The van der Waals surface area contributed by atoms with Gasteiger partial charge in [-0.3, -0.25) is 0 Å². The first-order valence-corrected chi connectivity index (χ1v) is 6.61. The van der Waals surface area contributed by atoms with Crippen LogP contribution in [0, 0.1) is 0 Å². The summed E-state index contributed by atoms with van der Waals surface area (Å²) < 4.78 is 5.98. The van der Waals surface area contributed by atoms with Crippen molar-refractivity contribution in [2.45, 2.75) is 25.8 Å². The SMILES string of the molecule is CCNC(CCc1nccn1C)c1csnn1. The molecular weight excluding hydrogens is 234 g/mol. The van der Waals surface area contributed by atoms with Gasteiger partial charge in [0.05, 0.1) is 11.7 Å². The van der Waals surface area contributed by atoms with Gasteiger partial charge in [-0.05, 0) is 24.5 Å². The molecule has 0 aliphatic heterocycles. The lowest BCUT2D eigenvalue weighted by atomic mass is 10.1. The third kappa shape index (κ3) is 3.10. The minimum Gasteiger partial charge on any atom is -0.338 e. The second-order valence-electron chi connectivity index (χ2n) is 3.93. The Hall–Kier alpha value is -1.27. The van der Waals surface area contributed by atoms with E-state index in [0.29, 0.717) is 0 Å². The molecule has 0 saturated carbocycles. The Morgan fingerprint density at radius 1 is 1.53 bits per heavy atom. The summed E-state index contributed by atoms with van der Waals surface area (Å²) in [4.78, 5) is 4.33. The fourth-order valence-electron chi connectivity index (χ4n) is 1.84. The highest BCUT2D eigenvalue weighted by Crippen LogP contribution is 2.17. The van der Waals surface area contributed by atoms with Crippen LogP contribution in [0.3, 0.4) is 0 Å². The molecule has 17 heavy (non-hydrogen) atoms. The maximum atomic E-state index is 4.33. The summed E-state index contributed by atoms with van der Waals surface area (Å²) in [6.07, 6.45) is 5.74. The van der Waals surface area contributed by atoms with E-state index in [9.17, 15) is 0 Å². The Labute approximate surface area is 105 Å². The molecule has 1 unspecified atom stereocenters. The number of aryl methyl sites for hydroxylation is 2. The first-order valence-electron chi connectivity index (χ1n) is 5.77. The fourth-order valence-corrected chi connectivity index (χ4v) is 2.34. The highest BCUT2D eigenvalue weighted by molar-refractivity contribution is 7.03. The Kier molecular flexibility index (Phi) is 4.22. The minimum atomic E-state index is 0.274. The van der Waals surface area contributed by atoms with Crippen LogP contribution in [0.1, 0.15) is 30.9 Å². The quantitative estimate of drug-likeness (QED) is 0.846. The third-order valence-electron chi connectivity index (χ3n) is 2.76. The highest BCUT2D eigenvalue weighted by Gasteiger charge is 2.14. The van der Waals surface area contributed by atoms with Crippen LogP contribution in [-0.2, 0) is 13.5 Å². The molecule has 1 atom stereocenters. The lowest BCUT2D eigenvalue weighted by molar-refractivity contribution is 0.494. The molecule has 1 N–H and O–H groups in total. The second kappa shape index (κ2) is 5.88. The van der Waals surface area contributed by atoms with Gasteiger partial charge in [-0.2, -0.15) is 0 Å². The van der Waals surface area contributed by atoms with E-state index < -0.39 is 0 Å². The first kappa shape index (κ1) is 12.2. The van der Waals surface area contributed by atoms with E-state index in [1.807, 2.05) is 24.8 Å². The Balaban J connectivity index is 1.97.